The van der Waals surface area contributed by atoms with Gasteiger partial charge in [0, 0.05) is 12.1 Å². The van der Waals surface area contributed by atoms with Gasteiger partial charge in [-0.05, 0) is 32.1 Å². The van der Waals surface area contributed by atoms with Gasteiger partial charge in [0.1, 0.15) is 0 Å². The molecule has 1 aliphatic carbocycles. The van der Waals surface area contributed by atoms with Crippen molar-refractivity contribution in [2.45, 2.75) is 97.1 Å². The molecule has 0 amide bonds. The van der Waals surface area contributed by atoms with Gasteiger partial charge in [-0.1, -0.05) is 58.8 Å². The van der Waals surface area contributed by atoms with Gasteiger partial charge in [-0.15, -0.1) is 0 Å². The molecule has 0 aromatic carbocycles. The van der Waals surface area contributed by atoms with Crippen LogP contribution in [-0.4, -0.2) is 12.1 Å². The molecule has 102 valence electrons. The molecule has 0 aromatic heterocycles. The van der Waals surface area contributed by atoms with Crippen LogP contribution in [0.15, 0.2) is 0 Å². The van der Waals surface area contributed by atoms with Crippen LogP contribution < -0.4 is 5.32 Å². The van der Waals surface area contributed by atoms with Crippen molar-refractivity contribution in [1.29, 1.82) is 0 Å². The zero-order chi connectivity index (χ0) is 12.5. The van der Waals surface area contributed by atoms with Crippen LogP contribution in [0.2, 0.25) is 0 Å². The van der Waals surface area contributed by atoms with Gasteiger partial charge < -0.3 is 5.32 Å². The molecular formula is C16H33N. The number of nitrogens with one attached hydrogen (secondary N) is 1. The molecule has 1 rings (SSSR count). The van der Waals surface area contributed by atoms with Crippen molar-refractivity contribution in [3.05, 3.63) is 0 Å². The van der Waals surface area contributed by atoms with Gasteiger partial charge in [0.15, 0.2) is 0 Å². The van der Waals surface area contributed by atoms with Crippen molar-refractivity contribution in [2.24, 2.45) is 5.92 Å². The van der Waals surface area contributed by atoms with E-state index < -0.39 is 0 Å². The van der Waals surface area contributed by atoms with Gasteiger partial charge in [0.05, 0.1) is 0 Å². The molecule has 1 unspecified atom stereocenters. The predicted molar refractivity (Wildman–Crippen MR) is 77.4 cm³/mol. The van der Waals surface area contributed by atoms with E-state index in [1.807, 2.05) is 0 Å². The average molecular weight is 239 g/mol. The van der Waals surface area contributed by atoms with Crippen LogP contribution in [0.4, 0.5) is 0 Å². The van der Waals surface area contributed by atoms with Gasteiger partial charge >= 0.3 is 0 Å². The lowest BCUT2D eigenvalue weighted by Gasteiger charge is -2.25. The third-order valence-electron chi connectivity index (χ3n) is 4.04. The van der Waals surface area contributed by atoms with Crippen molar-refractivity contribution in [2.75, 3.05) is 0 Å². The fourth-order valence-corrected chi connectivity index (χ4v) is 2.94. The minimum absolute atomic E-state index is 0.721. The third kappa shape index (κ3) is 7.81. The van der Waals surface area contributed by atoms with E-state index in [-0.39, 0.29) is 0 Å². The standard InChI is InChI=1S/C16H33N/c1-14(2)10-9-11-15(3)17-16-12-7-5-4-6-8-13-16/h14-17H,4-13H2,1-3H3. The average Bonchev–Trinajstić information content (AvgIpc) is 2.21. The van der Waals surface area contributed by atoms with Crippen molar-refractivity contribution >= 4 is 0 Å². The first kappa shape index (κ1) is 15.0. The first-order chi connectivity index (χ1) is 8.18. The zero-order valence-electron chi connectivity index (χ0n) is 12.3. The van der Waals surface area contributed by atoms with Crippen molar-refractivity contribution in [1.82, 2.24) is 5.32 Å². The summed E-state index contributed by atoms with van der Waals surface area (Å²) in [5, 5.41) is 3.86. The number of hydrogen-bond acceptors (Lipinski definition) is 1. The second kappa shape index (κ2) is 8.97. The molecule has 1 heteroatoms. The first-order valence-electron chi connectivity index (χ1n) is 7.94. The lowest BCUT2D eigenvalue weighted by molar-refractivity contribution is 0.344. The molecule has 1 nitrogen and oxygen atoms in total. The predicted octanol–water partition coefficient (Wildman–Crippen LogP) is 4.90. The van der Waals surface area contributed by atoms with Gasteiger partial charge in [-0.2, -0.15) is 0 Å². The van der Waals surface area contributed by atoms with Gasteiger partial charge in [-0.3, -0.25) is 0 Å². The topological polar surface area (TPSA) is 12.0 Å². The summed E-state index contributed by atoms with van der Waals surface area (Å²) in [4.78, 5) is 0. The normalized spacial score (nSPS) is 21.2. The summed E-state index contributed by atoms with van der Waals surface area (Å²) in [5.41, 5.74) is 0. The molecule has 1 atom stereocenters. The highest BCUT2D eigenvalue weighted by molar-refractivity contribution is 4.73. The summed E-state index contributed by atoms with van der Waals surface area (Å²) in [7, 11) is 0. The molecule has 0 heterocycles. The second-order valence-corrected chi connectivity index (χ2v) is 6.43. The van der Waals surface area contributed by atoms with E-state index in [1.165, 1.54) is 64.2 Å². The smallest absolute Gasteiger partial charge is 0.00695 e. The molecule has 0 bridgehead atoms. The Hall–Kier alpha value is -0.0400. The molecule has 1 fully saturated rings. The first-order valence-corrected chi connectivity index (χ1v) is 7.94. The molecule has 0 radical (unpaired) electrons. The van der Waals surface area contributed by atoms with Gasteiger partial charge in [0.2, 0.25) is 0 Å². The number of hydrogen-bond donors (Lipinski definition) is 1. The minimum atomic E-state index is 0.721. The van der Waals surface area contributed by atoms with E-state index in [2.05, 4.69) is 26.1 Å². The molecule has 0 spiro atoms. The third-order valence-corrected chi connectivity index (χ3v) is 4.04. The molecule has 0 aliphatic heterocycles. The second-order valence-electron chi connectivity index (χ2n) is 6.43. The summed E-state index contributed by atoms with van der Waals surface area (Å²) in [6, 6.07) is 1.53. The van der Waals surface area contributed by atoms with Gasteiger partial charge in [-0.25, -0.2) is 0 Å². The Morgan fingerprint density at radius 3 is 2.06 bits per heavy atom. The maximum Gasteiger partial charge on any atom is 0.00695 e. The lowest BCUT2D eigenvalue weighted by atomic mass is 9.95. The van der Waals surface area contributed by atoms with Crippen molar-refractivity contribution in [3.63, 3.8) is 0 Å². The summed E-state index contributed by atoms with van der Waals surface area (Å²) in [6.45, 7) is 7.03. The molecule has 17 heavy (non-hydrogen) atoms. The van der Waals surface area contributed by atoms with E-state index in [1.54, 1.807) is 0 Å². The van der Waals surface area contributed by atoms with Crippen LogP contribution in [0.25, 0.3) is 0 Å². The summed E-state index contributed by atoms with van der Waals surface area (Å²) in [6.07, 6.45) is 14.2. The maximum absolute atomic E-state index is 3.86. The van der Waals surface area contributed by atoms with Crippen molar-refractivity contribution in [3.8, 4) is 0 Å². The quantitative estimate of drug-likeness (QED) is 0.695. The van der Waals surface area contributed by atoms with Crippen molar-refractivity contribution < 1.29 is 0 Å². The van der Waals surface area contributed by atoms with Gasteiger partial charge in [0.25, 0.3) is 0 Å². The summed E-state index contributed by atoms with van der Waals surface area (Å²) >= 11 is 0. The highest BCUT2D eigenvalue weighted by atomic mass is 14.9. The Bertz CT molecular complexity index is 168. The zero-order valence-corrected chi connectivity index (χ0v) is 12.3. The fraction of sp³-hybridized carbons (Fsp3) is 1.00. The summed E-state index contributed by atoms with van der Waals surface area (Å²) < 4.78 is 0. The van der Waals surface area contributed by atoms with E-state index in [0.717, 1.165) is 18.0 Å². The van der Waals surface area contributed by atoms with E-state index >= 15 is 0 Å². The molecule has 1 saturated carbocycles. The molecule has 1 N–H and O–H groups in total. The highest BCUT2D eigenvalue weighted by Crippen LogP contribution is 2.18. The monoisotopic (exact) mass is 239 g/mol. The molecule has 1 aliphatic rings. The fourth-order valence-electron chi connectivity index (χ4n) is 2.94. The number of rotatable bonds is 6. The summed E-state index contributed by atoms with van der Waals surface area (Å²) in [5.74, 6) is 0.864. The van der Waals surface area contributed by atoms with Crippen LogP contribution in [0.3, 0.4) is 0 Å². The molecule has 0 saturated heterocycles. The Balaban J connectivity index is 2.12. The highest BCUT2D eigenvalue weighted by Gasteiger charge is 2.13. The van der Waals surface area contributed by atoms with Crippen LogP contribution in [0.5, 0.6) is 0 Å². The minimum Gasteiger partial charge on any atom is -0.312 e. The van der Waals surface area contributed by atoms with E-state index in [0.29, 0.717) is 0 Å². The van der Waals surface area contributed by atoms with Crippen LogP contribution in [0, 0.1) is 5.92 Å². The Kier molecular flexibility index (Phi) is 7.92. The Morgan fingerprint density at radius 1 is 0.882 bits per heavy atom. The largest absolute Gasteiger partial charge is 0.312 e. The van der Waals surface area contributed by atoms with E-state index in [4.69, 9.17) is 0 Å². The lowest BCUT2D eigenvalue weighted by Crippen LogP contribution is -2.36. The Labute approximate surface area is 109 Å². The maximum atomic E-state index is 3.86. The Morgan fingerprint density at radius 2 is 1.47 bits per heavy atom. The van der Waals surface area contributed by atoms with Crippen LogP contribution in [0.1, 0.15) is 85.0 Å². The van der Waals surface area contributed by atoms with E-state index in [9.17, 15) is 0 Å². The van der Waals surface area contributed by atoms with Crippen LogP contribution in [-0.2, 0) is 0 Å². The van der Waals surface area contributed by atoms with Crippen LogP contribution >= 0.6 is 0 Å². The molecule has 0 aromatic rings. The SMILES string of the molecule is CC(C)CCCC(C)NC1CCCCCCC1. The molecular weight excluding hydrogens is 206 g/mol.